The zero-order valence-electron chi connectivity index (χ0n) is 15.4. The molecule has 2 aliphatic rings. The van der Waals surface area contributed by atoms with Crippen LogP contribution in [0.15, 0.2) is 29.2 Å². The molecule has 2 amide bonds. The van der Waals surface area contributed by atoms with Gasteiger partial charge in [0.1, 0.15) is 11.6 Å². The van der Waals surface area contributed by atoms with Crippen LogP contribution in [0.5, 0.6) is 0 Å². The van der Waals surface area contributed by atoms with Crippen LogP contribution in [-0.2, 0) is 19.6 Å². The third-order valence-corrected chi connectivity index (χ3v) is 7.16. The summed E-state index contributed by atoms with van der Waals surface area (Å²) in [6, 6.07) is 5.88. The van der Waals surface area contributed by atoms with Crippen LogP contribution in [0.1, 0.15) is 32.3 Å². The van der Waals surface area contributed by atoms with E-state index in [1.807, 2.05) is 6.92 Å². The monoisotopic (exact) mass is 379 g/mol. The second kappa shape index (κ2) is 6.66. The van der Waals surface area contributed by atoms with Gasteiger partial charge in [0.25, 0.3) is 0 Å². The number of benzene rings is 1. The summed E-state index contributed by atoms with van der Waals surface area (Å²) in [4.78, 5) is 27.0. The third kappa shape index (κ3) is 3.12. The number of nitrogens with zero attached hydrogens (tertiary/aromatic N) is 2. The molecule has 1 atom stereocenters. The number of carbonyl (C=O) groups excluding carboxylic acids is 2. The molecule has 1 aromatic rings. The van der Waals surface area contributed by atoms with E-state index >= 15 is 0 Å². The third-order valence-electron chi connectivity index (χ3n) is 5.23. The Hall–Kier alpha value is -1.93. The van der Waals surface area contributed by atoms with Crippen molar-refractivity contribution in [2.75, 3.05) is 19.6 Å². The van der Waals surface area contributed by atoms with Crippen molar-refractivity contribution in [3.8, 4) is 0 Å². The van der Waals surface area contributed by atoms with Crippen molar-refractivity contribution in [3.05, 3.63) is 29.8 Å². The summed E-state index contributed by atoms with van der Waals surface area (Å²) in [6.07, 6.45) is 1.10. The highest BCUT2D eigenvalue weighted by atomic mass is 32.2. The van der Waals surface area contributed by atoms with Gasteiger partial charge in [-0.25, -0.2) is 8.42 Å². The van der Waals surface area contributed by atoms with Gasteiger partial charge in [-0.05, 0) is 45.7 Å². The smallest absolute Gasteiger partial charge is 0.245 e. The van der Waals surface area contributed by atoms with Crippen molar-refractivity contribution in [3.63, 3.8) is 0 Å². The molecule has 2 aliphatic heterocycles. The molecule has 0 spiro atoms. The molecule has 0 unspecified atom stereocenters. The lowest BCUT2D eigenvalue weighted by Crippen LogP contribution is -2.65. The minimum atomic E-state index is -3.75. The lowest BCUT2D eigenvalue weighted by Gasteiger charge is -2.43. The van der Waals surface area contributed by atoms with Gasteiger partial charge in [-0.3, -0.25) is 9.59 Å². The summed E-state index contributed by atoms with van der Waals surface area (Å²) >= 11 is 0. The molecular formula is C18H25N3O4S. The quantitative estimate of drug-likeness (QED) is 0.845. The predicted molar refractivity (Wildman–Crippen MR) is 96.9 cm³/mol. The lowest BCUT2D eigenvalue weighted by molar-refractivity contribution is -0.151. The van der Waals surface area contributed by atoms with Gasteiger partial charge in [0.15, 0.2) is 0 Å². The maximum absolute atomic E-state index is 13.1. The highest BCUT2D eigenvalue weighted by Gasteiger charge is 2.47. The molecule has 1 N–H and O–H groups in total. The molecule has 0 aromatic heterocycles. The molecule has 1 aromatic carbocycles. The maximum atomic E-state index is 13.1. The number of rotatable bonds is 3. The number of sulfonamides is 1. The van der Waals surface area contributed by atoms with E-state index in [2.05, 4.69) is 5.32 Å². The molecule has 7 nitrogen and oxygen atoms in total. The van der Waals surface area contributed by atoms with Crippen LogP contribution in [0.4, 0.5) is 0 Å². The number of hydrogen-bond acceptors (Lipinski definition) is 4. The topological polar surface area (TPSA) is 86.8 Å². The second-order valence-electron chi connectivity index (χ2n) is 7.39. The number of piperazine rings is 1. The Bertz CT molecular complexity index is 817. The van der Waals surface area contributed by atoms with Gasteiger partial charge in [0.2, 0.25) is 21.8 Å². The molecule has 2 saturated heterocycles. The summed E-state index contributed by atoms with van der Waals surface area (Å²) in [7, 11) is -3.75. The Morgan fingerprint density at radius 3 is 2.50 bits per heavy atom. The molecule has 0 aliphatic carbocycles. The van der Waals surface area contributed by atoms with Crippen LogP contribution in [0.2, 0.25) is 0 Å². The average molecular weight is 379 g/mol. The Kier molecular flexibility index (Phi) is 4.83. The number of amides is 2. The van der Waals surface area contributed by atoms with Crippen molar-refractivity contribution in [1.82, 2.24) is 14.5 Å². The minimum absolute atomic E-state index is 0.193. The van der Waals surface area contributed by atoms with Crippen LogP contribution in [0.3, 0.4) is 0 Å². The first-order valence-corrected chi connectivity index (χ1v) is 10.3. The minimum Gasteiger partial charge on any atom is -0.352 e. The van der Waals surface area contributed by atoms with Crippen molar-refractivity contribution in [1.29, 1.82) is 0 Å². The Morgan fingerprint density at radius 1 is 1.19 bits per heavy atom. The van der Waals surface area contributed by atoms with E-state index in [1.54, 1.807) is 38.1 Å². The molecule has 2 fully saturated rings. The van der Waals surface area contributed by atoms with Gasteiger partial charge in [0.05, 0.1) is 4.90 Å². The van der Waals surface area contributed by atoms with Crippen LogP contribution in [-0.4, -0.2) is 60.7 Å². The molecule has 3 rings (SSSR count). The van der Waals surface area contributed by atoms with E-state index in [4.69, 9.17) is 0 Å². The molecule has 0 bridgehead atoms. The molecule has 26 heavy (non-hydrogen) atoms. The molecule has 8 heteroatoms. The zero-order chi connectivity index (χ0) is 19.1. The number of hydrogen-bond donors (Lipinski definition) is 1. The van der Waals surface area contributed by atoms with Gasteiger partial charge in [-0.1, -0.05) is 17.7 Å². The first-order valence-electron chi connectivity index (χ1n) is 8.84. The Labute approximate surface area is 154 Å². The van der Waals surface area contributed by atoms with E-state index in [0.29, 0.717) is 32.5 Å². The SMILES string of the molecule is Cc1ccc(S(=O)(=O)N2CCC[C@H]2C(=O)N2CCNC(=O)C2(C)C)cc1. The molecule has 0 saturated carbocycles. The fourth-order valence-corrected chi connectivity index (χ4v) is 5.24. The van der Waals surface area contributed by atoms with E-state index in [9.17, 15) is 18.0 Å². The molecular weight excluding hydrogens is 354 g/mol. The van der Waals surface area contributed by atoms with E-state index < -0.39 is 21.6 Å². The molecule has 0 radical (unpaired) electrons. The normalized spacial score (nSPS) is 23.7. The summed E-state index contributed by atoms with van der Waals surface area (Å²) in [5.41, 5.74) is -0.0175. The summed E-state index contributed by atoms with van der Waals surface area (Å²) < 4.78 is 27.4. The largest absolute Gasteiger partial charge is 0.352 e. The average Bonchev–Trinajstić information content (AvgIpc) is 3.08. The van der Waals surface area contributed by atoms with Crippen molar-refractivity contribution in [2.24, 2.45) is 0 Å². The van der Waals surface area contributed by atoms with Crippen LogP contribution < -0.4 is 5.32 Å². The van der Waals surface area contributed by atoms with E-state index in [-0.39, 0.29) is 16.7 Å². The van der Waals surface area contributed by atoms with Crippen LogP contribution in [0.25, 0.3) is 0 Å². The molecule has 2 heterocycles. The number of nitrogens with one attached hydrogen (secondary N) is 1. The lowest BCUT2D eigenvalue weighted by atomic mass is 9.97. The van der Waals surface area contributed by atoms with E-state index in [1.165, 1.54) is 9.21 Å². The van der Waals surface area contributed by atoms with Gasteiger partial charge in [-0.15, -0.1) is 0 Å². The Balaban J connectivity index is 1.89. The highest BCUT2D eigenvalue weighted by molar-refractivity contribution is 7.89. The summed E-state index contributed by atoms with van der Waals surface area (Å²) in [5.74, 6) is -0.513. The molecule has 142 valence electrons. The Morgan fingerprint density at radius 2 is 1.85 bits per heavy atom. The maximum Gasteiger partial charge on any atom is 0.245 e. The number of carbonyl (C=O) groups is 2. The highest BCUT2D eigenvalue weighted by Crippen LogP contribution is 2.30. The second-order valence-corrected chi connectivity index (χ2v) is 9.28. The van der Waals surface area contributed by atoms with Crippen molar-refractivity contribution in [2.45, 2.75) is 50.1 Å². The standard InChI is InChI=1S/C18H25N3O4S/c1-13-6-8-14(9-7-13)26(24,25)21-11-4-5-15(21)16(22)20-12-10-19-17(23)18(20,2)3/h6-9,15H,4-5,10-12H2,1-3H3,(H,19,23)/t15-/m0/s1. The van der Waals surface area contributed by atoms with Crippen molar-refractivity contribution < 1.29 is 18.0 Å². The van der Waals surface area contributed by atoms with Crippen LogP contribution in [0, 0.1) is 6.92 Å². The summed E-state index contributed by atoms with van der Waals surface area (Å²) in [6.45, 7) is 6.34. The first kappa shape index (κ1) is 18.8. The first-order chi connectivity index (χ1) is 12.2. The van der Waals surface area contributed by atoms with E-state index in [0.717, 1.165) is 5.56 Å². The zero-order valence-corrected chi connectivity index (χ0v) is 16.2. The summed E-state index contributed by atoms with van der Waals surface area (Å²) in [5, 5.41) is 2.76. The van der Waals surface area contributed by atoms with Crippen LogP contribution >= 0.6 is 0 Å². The fourth-order valence-electron chi connectivity index (χ4n) is 3.59. The van der Waals surface area contributed by atoms with Gasteiger partial charge >= 0.3 is 0 Å². The van der Waals surface area contributed by atoms with Gasteiger partial charge in [-0.2, -0.15) is 4.31 Å². The fraction of sp³-hybridized carbons (Fsp3) is 0.556. The van der Waals surface area contributed by atoms with Gasteiger partial charge < -0.3 is 10.2 Å². The van der Waals surface area contributed by atoms with Gasteiger partial charge in [0, 0.05) is 19.6 Å². The predicted octanol–water partition coefficient (Wildman–Crippen LogP) is 0.885. The number of aryl methyl sites for hydroxylation is 1. The van der Waals surface area contributed by atoms with Crippen molar-refractivity contribution >= 4 is 21.8 Å².